The molecule has 0 aliphatic carbocycles. The summed E-state index contributed by atoms with van der Waals surface area (Å²) >= 11 is 0. The highest BCUT2D eigenvalue weighted by Gasteiger charge is 2.22. The topological polar surface area (TPSA) is 0 Å². The lowest BCUT2D eigenvalue weighted by Crippen LogP contribution is -2.16. The SMILES string of the molecule is CCC(C)[C](Cc1ccc2ccccc2c1)c1ccccc1C(C)C. The fourth-order valence-electron chi connectivity index (χ4n) is 3.64. The van der Waals surface area contributed by atoms with Crippen LogP contribution < -0.4 is 0 Å². The van der Waals surface area contributed by atoms with Gasteiger partial charge in [-0.3, -0.25) is 0 Å². The van der Waals surface area contributed by atoms with Gasteiger partial charge in [0.05, 0.1) is 0 Å². The highest BCUT2D eigenvalue weighted by Crippen LogP contribution is 2.35. The van der Waals surface area contributed by atoms with E-state index in [1.807, 2.05) is 0 Å². The lowest BCUT2D eigenvalue weighted by atomic mass is 9.77. The van der Waals surface area contributed by atoms with Crippen molar-refractivity contribution in [3.8, 4) is 0 Å². The lowest BCUT2D eigenvalue weighted by molar-refractivity contribution is 0.571. The Hall–Kier alpha value is -2.08. The zero-order valence-corrected chi connectivity index (χ0v) is 15.9. The van der Waals surface area contributed by atoms with Crippen molar-refractivity contribution < 1.29 is 0 Å². The first-order valence-corrected chi connectivity index (χ1v) is 9.52. The summed E-state index contributed by atoms with van der Waals surface area (Å²) in [5.41, 5.74) is 4.34. The van der Waals surface area contributed by atoms with Gasteiger partial charge < -0.3 is 0 Å². The van der Waals surface area contributed by atoms with Crippen molar-refractivity contribution in [1.82, 2.24) is 0 Å². The van der Waals surface area contributed by atoms with Crippen LogP contribution in [0.25, 0.3) is 10.8 Å². The molecule has 3 aromatic rings. The molecule has 1 unspecified atom stereocenters. The minimum absolute atomic E-state index is 0.548. The summed E-state index contributed by atoms with van der Waals surface area (Å²) in [6.07, 6.45) is 2.21. The number of hydrogen-bond donors (Lipinski definition) is 0. The average Bonchev–Trinajstić information content (AvgIpc) is 2.65. The number of rotatable bonds is 6. The van der Waals surface area contributed by atoms with Crippen LogP contribution in [0.3, 0.4) is 0 Å². The van der Waals surface area contributed by atoms with Crippen LogP contribution in [-0.4, -0.2) is 0 Å². The van der Waals surface area contributed by atoms with Gasteiger partial charge in [0.2, 0.25) is 0 Å². The maximum absolute atomic E-state index is 2.37. The molecule has 0 fully saturated rings. The fourth-order valence-corrected chi connectivity index (χ4v) is 3.64. The third-order valence-corrected chi connectivity index (χ3v) is 5.34. The molecule has 1 atom stereocenters. The predicted octanol–water partition coefficient (Wildman–Crippen LogP) is 7.17. The summed E-state index contributed by atoms with van der Waals surface area (Å²) in [5.74, 6) is 2.71. The third-order valence-electron chi connectivity index (χ3n) is 5.34. The van der Waals surface area contributed by atoms with Gasteiger partial charge in [-0.25, -0.2) is 0 Å². The Morgan fingerprint density at radius 1 is 0.800 bits per heavy atom. The van der Waals surface area contributed by atoms with E-state index in [1.165, 1.54) is 33.9 Å². The van der Waals surface area contributed by atoms with Crippen molar-refractivity contribution in [2.45, 2.75) is 46.5 Å². The van der Waals surface area contributed by atoms with Crippen LogP contribution in [0.2, 0.25) is 0 Å². The van der Waals surface area contributed by atoms with Gasteiger partial charge in [0.15, 0.2) is 0 Å². The highest BCUT2D eigenvalue weighted by molar-refractivity contribution is 5.83. The summed E-state index contributed by atoms with van der Waals surface area (Å²) in [7, 11) is 0. The van der Waals surface area contributed by atoms with Crippen LogP contribution in [0.15, 0.2) is 66.7 Å². The molecule has 0 heteroatoms. The van der Waals surface area contributed by atoms with E-state index in [9.17, 15) is 0 Å². The lowest BCUT2D eigenvalue weighted by Gasteiger charge is -2.27. The minimum atomic E-state index is 0.548. The van der Waals surface area contributed by atoms with Gasteiger partial charge in [-0.1, -0.05) is 101 Å². The van der Waals surface area contributed by atoms with E-state index in [-0.39, 0.29) is 0 Å². The van der Waals surface area contributed by atoms with E-state index < -0.39 is 0 Å². The van der Waals surface area contributed by atoms with Crippen molar-refractivity contribution in [2.75, 3.05) is 0 Å². The van der Waals surface area contributed by atoms with Crippen molar-refractivity contribution in [3.05, 3.63) is 89.3 Å². The van der Waals surface area contributed by atoms with E-state index in [2.05, 4.69) is 94.4 Å². The second-order valence-electron chi connectivity index (χ2n) is 7.43. The quantitative estimate of drug-likeness (QED) is 0.449. The van der Waals surface area contributed by atoms with Gasteiger partial charge >= 0.3 is 0 Å². The Balaban J connectivity index is 1.99. The Labute approximate surface area is 152 Å². The van der Waals surface area contributed by atoms with Crippen LogP contribution in [0, 0.1) is 11.8 Å². The summed E-state index contributed by atoms with van der Waals surface area (Å²) in [4.78, 5) is 0. The first kappa shape index (κ1) is 17.7. The monoisotopic (exact) mass is 329 g/mol. The van der Waals surface area contributed by atoms with Crippen molar-refractivity contribution >= 4 is 10.8 Å². The maximum atomic E-state index is 2.37. The zero-order valence-electron chi connectivity index (χ0n) is 15.9. The molecule has 1 radical (unpaired) electrons. The molecular formula is C25H29. The molecule has 25 heavy (non-hydrogen) atoms. The number of benzene rings is 3. The smallest absolute Gasteiger partial charge is 0.0124 e. The maximum Gasteiger partial charge on any atom is 0.0124 e. The fraction of sp³-hybridized carbons (Fsp3) is 0.320. The summed E-state index contributed by atoms with van der Waals surface area (Å²) in [6, 6.07) is 24.5. The molecule has 0 heterocycles. The van der Waals surface area contributed by atoms with Gasteiger partial charge in [0.25, 0.3) is 0 Å². The van der Waals surface area contributed by atoms with Gasteiger partial charge in [-0.05, 0) is 45.7 Å². The molecule has 129 valence electrons. The molecule has 0 aliphatic heterocycles. The normalized spacial score (nSPS) is 12.9. The highest BCUT2D eigenvalue weighted by atomic mass is 14.3. The number of hydrogen-bond acceptors (Lipinski definition) is 0. The van der Waals surface area contributed by atoms with Gasteiger partial charge in [0, 0.05) is 5.92 Å². The van der Waals surface area contributed by atoms with Gasteiger partial charge in [-0.2, -0.15) is 0 Å². The second kappa shape index (κ2) is 7.87. The predicted molar refractivity (Wildman–Crippen MR) is 110 cm³/mol. The largest absolute Gasteiger partial charge is 0.0651 e. The van der Waals surface area contributed by atoms with E-state index in [0.29, 0.717) is 11.8 Å². The molecule has 0 N–H and O–H groups in total. The van der Waals surface area contributed by atoms with Crippen molar-refractivity contribution in [2.24, 2.45) is 5.92 Å². The van der Waals surface area contributed by atoms with Crippen molar-refractivity contribution in [3.63, 3.8) is 0 Å². The molecule has 0 aliphatic rings. The molecule has 0 aromatic heterocycles. The molecule has 3 rings (SSSR count). The van der Waals surface area contributed by atoms with Gasteiger partial charge in [0.1, 0.15) is 0 Å². The van der Waals surface area contributed by atoms with E-state index >= 15 is 0 Å². The molecule has 3 aromatic carbocycles. The Morgan fingerprint density at radius 3 is 2.20 bits per heavy atom. The first-order chi connectivity index (χ1) is 12.1. The van der Waals surface area contributed by atoms with Crippen LogP contribution in [-0.2, 0) is 6.42 Å². The molecule has 0 saturated heterocycles. The summed E-state index contributed by atoms with van der Waals surface area (Å²) in [5, 5.41) is 2.65. The molecule has 0 nitrogen and oxygen atoms in total. The van der Waals surface area contributed by atoms with E-state index in [4.69, 9.17) is 0 Å². The average molecular weight is 330 g/mol. The standard InChI is InChI=1S/C25H29/c1-5-19(4)25(24-13-9-8-12-23(24)18(2)3)17-20-14-15-21-10-6-7-11-22(21)16-20/h6-16,18-19H,5,17H2,1-4H3. The molecular weight excluding hydrogens is 300 g/mol. The van der Waals surface area contributed by atoms with Crippen LogP contribution in [0.5, 0.6) is 0 Å². The molecule has 0 spiro atoms. The second-order valence-corrected chi connectivity index (χ2v) is 7.43. The van der Waals surface area contributed by atoms with E-state index in [1.54, 1.807) is 5.92 Å². The zero-order chi connectivity index (χ0) is 17.8. The van der Waals surface area contributed by atoms with Gasteiger partial charge in [-0.15, -0.1) is 0 Å². The Bertz CT molecular complexity index is 828. The third kappa shape index (κ3) is 3.95. The summed E-state index contributed by atoms with van der Waals surface area (Å²) in [6.45, 7) is 9.25. The van der Waals surface area contributed by atoms with E-state index in [0.717, 1.165) is 6.42 Å². The Morgan fingerprint density at radius 2 is 1.48 bits per heavy atom. The summed E-state index contributed by atoms with van der Waals surface area (Å²) < 4.78 is 0. The first-order valence-electron chi connectivity index (χ1n) is 9.52. The van der Waals surface area contributed by atoms with Crippen LogP contribution in [0.1, 0.15) is 56.7 Å². The minimum Gasteiger partial charge on any atom is -0.0651 e. The van der Waals surface area contributed by atoms with Crippen LogP contribution >= 0.6 is 0 Å². The Kier molecular flexibility index (Phi) is 5.58. The molecule has 0 bridgehead atoms. The molecule has 0 amide bonds. The van der Waals surface area contributed by atoms with Crippen molar-refractivity contribution in [1.29, 1.82) is 0 Å². The number of fused-ring (bicyclic) bond motifs is 1. The van der Waals surface area contributed by atoms with Crippen LogP contribution in [0.4, 0.5) is 0 Å². The molecule has 0 saturated carbocycles.